The molecule has 0 aliphatic heterocycles. The molecule has 0 saturated heterocycles. The third kappa shape index (κ3) is 4.40. The van der Waals surface area contributed by atoms with Crippen molar-refractivity contribution in [2.75, 3.05) is 20.0 Å². The van der Waals surface area contributed by atoms with E-state index >= 15 is 0 Å². The molecule has 2 heterocycles. The van der Waals surface area contributed by atoms with Crippen molar-refractivity contribution < 1.29 is 19.0 Å². The number of ether oxygens (including phenoxy) is 3. The van der Waals surface area contributed by atoms with Crippen molar-refractivity contribution >= 4 is 34.0 Å². The van der Waals surface area contributed by atoms with E-state index in [4.69, 9.17) is 29.9 Å². The number of fused-ring (bicyclic) bond motifs is 2. The highest BCUT2D eigenvalue weighted by Crippen LogP contribution is 2.31. The lowest BCUT2D eigenvalue weighted by Gasteiger charge is -2.11. The van der Waals surface area contributed by atoms with Crippen molar-refractivity contribution in [2.24, 2.45) is 0 Å². The third-order valence-corrected chi connectivity index (χ3v) is 6.08. The molecule has 0 amide bonds. The van der Waals surface area contributed by atoms with Crippen LogP contribution in [0.4, 0.5) is 5.82 Å². The lowest BCUT2D eigenvalue weighted by Crippen LogP contribution is -2.11. The van der Waals surface area contributed by atoms with Crippen molar-refractivity contribution in [1.29, 1.82) is 0 Å². The minimum absolute atomic E-state index is 0.137. The number of carbonyl (C=O) groups excluding carboxylic acids is 1. The summed E-state index contributed by atoms with van der Waals surface area (Å²) in [6, 6.07) is 22.8. The van der Waals surface area contributed by atoms with Crippen LogP contribution in [0, 0.1) is 0 Å². The van der Waals surface area contributed by atoms with Gasteiger partial charge in [0.2, 0.25) is 0 Å². The molecule has 0 atom stereocenters. The van der Waals surface area contributed by atoms with Crippen LogP contribution in [-0.2, 0) is 24.3 Å². The number of para-hydroxylation sites is 2. The van der Waals surface area contributed by atoms with Gasteiger partial charge >= 0.3 is 5.97 Å². The highest BCUT2D eigenvalue weighted by Gasteiger charge is 2.25. The first-order chi connectivity index (χ1) is 17.6. The fourth-order valence-corrected chi connectivity index (χ4v) is 4.22. The van der Waals surface area contributed by atoms with E-state index < -0.39 is 5.97 Å². The number of esters is 1. The average molecular weight is 483 g/mol. The average Bonchev–Trinajstić information content (AvgIpc) is 3.19. The van der Waals surface area contributed by atoms with Gasteiger partial charge in [-0.1, -0.05) is 48.5 Å². The zero-order valence-electron chi connectivity index (χ0n) is 20.1. The second-order valence-corrected chi connectivity index (χ2v) is 8.30. The molecule has 0 saturated carbocycles. The van der Waals surface area contributed by atoms with Gasteiger partial charge in [0, 0.05) is 6.54 Å². The molecule has 0 spiro atoms. The van der Waals surface area contributed by atoms with Gasteiger partial charge in [0.25, 0.3) is 0 Å². The first-order valence-electron chi connectivity index (χ1n) is 11.6. The number of aromatic nitrogens is 3. The van der Waals surface area contributed by atoms with Crippen molar-refractivity contribution in [2.45, 2.75) is 19.6 Å². The number of anilines is 1. The molecule has 0 bridgehead atoms. The van der Waals surface area contributed by atoms with Crippen LogP contribution in [0.15, 0.2) is 72.8 Å². The quantitative estimate of drug-likeness (QED) is 0.318. The maximum atomic E-state index is 13.2. The summed E-state index contributed by atoms with van der Waals surface area (Å²) in [5, 5.41) is 0. The Bertz CT molecular complexity index is 1550. The monoisotopic (exact) mass is 482 g/mol. The van der Waals surface area contributed by atoms with Crippen molar-refractivity contribution in [3.8, 4) is 11.5 Å². The molecule has 0 aliphatic rings. The van der Waals surface area contributed by atoms with Gasteiger partial charge in [-0.05, 0) is 41.8 Å². The Morgan fingerprint density at radius 1 is 0.861 bits per heavy atom. The number of nitrogen functional groups attached to an aromatic ring is 1. The first kappa shape index (κ1) is 23.2. The molecule has 0 unspecified atom stereocenters. The predicted molar refractivity (Wildman–Crippen MR) is 138 cm³/mol. The Kier molecular flexibility index (Phi) is 6.40. The van der Waals surface area contributed by atoms with Gasteiger partial charge in [-0.3, -0.25) is 0 Å². The highest BCUT2D eigenvalue weighted by molar-refractivity contribution is 6.08. The minimum atomic E-state index is -0.532. The summed E-state index contributed by atoms with van der Waals surface area (Å²) in [6.45, 7) is 0.620. The van der Waals surface area contributed by atoms with Crippen LogP contribution in [0.2, 0.25) is 0 Å². The van der Waals surface area contributed by atoms with Crippen LogP contribution >= 0.6 is 0 Å². The zero-order chi connectivity index (χ0) is 25.1. The molecule has 2 N–H and O–H groups in total. The van der Waals surface area contributed by atoms with Gasteiger partial charge in [0.15, 0.2) is 17.1 Å². The number of nitrogens with two attached hydrogens (primary N) is 1. The number of aryl methyl sites for hydroxylation is 2. The normalized spacial score (nSPS) is 11.1. The predicted octanol–water partition coefficient (Wildman–Crippen LogP) is 4.78. The van der Waals surface area contributed by atoms with Crippen molar-refractivity contribution in [3.63, 3.8) is 0 Å². The van der Waals surface area contributed by atoms with Crippen molar-refractivity contribution in [3.05, 3.63) is 89.5 Å². The molecule has 0 radical (unpaired) electrons. The van der Waals surface area contributed by atoms with Gasteiger partial charge in [-0.25, -0.2) is 14.8 Å². The van der Waals surface area contributed by atoms with E-state index in [1.165, 1.54) is 0 Å². The Hall–Kier alpha value is -4.59. The molecule has 36 heavy (non-hydrogen) atoms. The summed E-state index contributed by atoms with van der Waals surface area (Å²) in [7, 11) is 3.21. The molecule has 2 aromatic heterocycles. The number of nitrogens with zero attached hydrogens (tertiary/aromatic N) is 3. The van der Waals surface area contributed by atoms with Gasteiger partial charge in [-0.15, -0.1) is 0 Å². The van der Waals surface area contributed by atoms with E-state index in [2.05, 4.69) is 0 Å². The van der Waals surface area contributed by atoms with Crippen molar-refractivity contribution in [1.82, 2.24) is 14.5 Å². The number of hydrogen-bond acceptors (Lipinski definition) is 7. The largest absolute Gasteiger partial charge is 0.493 e. The van der Waals surface area contributed by atoms with Gasteiger partial charge in [-0.2, -0.15) is 0 Å². The van der Waals surface area contributed by atoms with Crippen LogP contribution < -0.4 is 15.2 Å². The molecule has 0 aliphatic carbocycles. The zero-order valence-corrected chi connectivity index (χ0v) is 20.1. The van der Waals surface area contributed by atoms with Crippen LogP contribution in [0.3, 0.4) is 0 Å². The van der Waals surface area contributed by atoms with E-state index in [0.717, 1.165) is 16.6 Å². The topological polar surface area (TPSA) is 101 Å². The van der Waals surface area contributed by atoms with Crippen LogP contribution in [-0.4, -0.2) is 34.7 Å². The molecule has 5 rings (SSSR count). The Labute approximate surface area is 208 Å². The molecule has 182 valence electrons. The Balaban J connectivity index is 1.52. The number of methoxy groups -OCH3 is 2. The number of carbonyl (C=O) groups is 1. The molecular weight excluding hydrogens is 456 g/mol. The fraction of sp³-hybridized carbons (Fsp3) is 0.179. The fourth-order valence-electron chi connectivity index (χ4n) is 4.22. The number of benzene rings is 3. The van der Waals surface area contributed by atoms with Crippen LogP contribution in [0.5, 0.6) is 11.5 Å². The SMILES string of the molecule is COc1ccc(CCn2c(N)c(C(=O)OCc3ccccc3)c3nc4ccccc4nc32)cc1OC. The smallest absolute Gasteiger partial charge is 0.344 e. The van der Waals surface area contributed by atoms with Gasteiger partial charge in [0.05, 0.1) is 25.3 Å². The molecule has 3 aromatic carbocycles. The van der Waals surface area contributed by atoms with E-state index in [1.54, 1.807) is 14.2 Å². The Morgan fingerprint density at radius 3 is 2.28 bits per heavy atom. The summed E-state index contributed by atoms with van der Waals surface area (Å²) < 4.78 is 18.2. The maximum absolute atomic E-state index is 13.2. The second-order valence-electron chi connectivity index (χ2n) is 8.30. The minimum Gasteiger partial charge on any atom is -0.493 e. The molecular formula is C28H26N4O4. The first-order valence-corrected chi connectivity index (χ1v) is 11.6. The standard InChI is InChI=1S/C28H26N4O4/c1-34-22-13-12-18(16-23(22)35-2)14-15-32-26(29)24(28(33)36-17-19-8-4-3-5-9-19)25-27(32)31-21-11-7-6-10-20(21)30-25/h3-13,16H,14-15,17,29H2,1-2H3. The molecule has 8 nitrogen and oxygen atoms in total. The summed E-state index contributed by atoms with van der Waals surface area (Å²) >= 11 is 0. The van der Waals surface area contributed by atoms with E-state index in [-0.39, 0.29) is 18.0 Å². The molecule has 5 aromatic rings. The van der Waals surface area contributed by atoms with E-state index in [9.17, 15) is 4.79 Å². The molecule has 0 fully saturated rings. The van der Waals surface area contributed by atoms with Gasteiger partial charge in [0.1, 0.15) is 23.5 Å². The maximum Gasteiger partial charge on any atom is 0.344 e. The summed E-state index contributed by atoms with van der Waals surface area (Å²) in [5.74, 6) is 1.05. The second kappa shape index (κ2) is 9.95. The lowest BCUT2D eigenvalue weighted by molar-refractivity contribution is 0.0476. The highest BCUT2D eigenvalue weighted by atomic mass is 16.5. The third-order valence-electron chi connectivity index (χ3n) is 6.08. The van der Waals surface area contributed by atoms with Crippen LogP contribution in [0.25, 0.3) is 22.2 Å². The van der Waals surface area contributed by atoms with E-state index in [1.807, 2.05) is 77.4 Å². The summed E-state index contributed by atoms with van der Waals surface area (Å²) in [4.78, 5) is 22.8. The lowest BCUT2D eigenvalue weighted by atomic mass is 10.1. The number of hydrogen-bond donors (Lipinski definition) is 1. The summed E-state index contributed by atoms with van der Waals surface area (Å²) in [5.41, 5.74) is 11.1. The van der Waals surface area contributed by atoms with Gasteiger partial charge < -0.3 is 24.5 Å². The molecule has 8 heteroatoms. The number of rotatable bonds is 8. The van der Waals surface area contributed by atoms with Crippen LogP contribution in [0.1, 0.15) is 21.5 Å². The Morgan fingerprint density at radius 2 is 1.56 bits per heavy atom. The van der Waals surface area contributed by atoms with E-state index in [0.29, 0.717) is 41.1 Å². The summed E-state index contributed by atoms with van der Waals surface area (Å²) in [6.07, 6.45) is 0.626.